The van der Waals surface area contributed by atoms with Crippen molar-refractivity contribution in [2.24, 2.45) is 11.7 Å². The molecule has 6 heteroatoms. The van der Waals surface area contributed by atoms with Crippen molar-refractivity contribution in [3.8, 4) is 0 Å². The number of halogens is 1. The zero-order chi connectivity index (χ0) is 13.8. The Balaban J connectivity index is 0.00000200. The molecule has 1 aromatic carbocycles. The number of nitrogens with zero attached hydrogens (tertiary/aromatic N) is 2. The summed E-state index contributed by atoms with van der Waals surface area (Å²) in [7, 11) is 0. The van der Waals surface area contributed by atoms with Gasteiger partial charge in [0.1, 0.15) is 0 Å². The van der Waals surface area contributed by atoms with Crippen LogP contribution in [0.2, 0.25) is 0 Å². The molecule has 1 atom stereocenters. The minimum absolute atomic E-state index is 0. The third-order valence-corrected chi connectivity index (χ3v) is 3.94. The number of likely N-dealkylation sites (tertiary alicyclic amines) is 1. The van der Waals surface area contributed by atoms with Crippen molar-refractivity contribution in [1.82, 2.24) is 4.90 Å². The van der Waals surface area contributed by atoms with E-state index in [-0.39, 0.29) is 23.0 Å². The van der Waals surface area contributed by atoms with Gasteiger partial charge in [-0.1, -0.05) is 12.1 Å². The van der Waals surface area contributed by atoms with Crippen LogP contribution in [0, 0.1) is 23.0 Å². The summed E-state index contributed by atoms with van der Waals surface area (Å²) in [5.41, 5.74) is 7.78. The van der Waals surface area contributed by atoms with E-state index >= 15 is 0 Å². The van der Waals surface area contributed by atoms with Gasteiger partial charge in [0.2, 0.25) is 0 Å². The van der Waals surface area contributed by atoms with Gasteiger partial charge < -0.3 is 5.73 Å². The summed E-state index contributed by atoms with van der Waals surface area (Å²) in [5, 5.41) is 10.9. The number of piperidine rings is 1. The van der Waals surface area contributed by atoms with E-state index in [0.29, 0.717) is 5.92 Å². The van der Waals surface area contributed by atoms with Crippen molar-refractivity contribution in [2.75, 3.05) is 19.6 Å². The molecule has 0 aliphatic carbocycles. The lowest BCUT2D eigenvalue weighted by molar-refractivity contribution is -0.385. The van der Waals surface area contributed by atoms with Gasteiger partial charge in [0.15, 0.2) is 0 Å². The van der Waals surface area contributed by atoms with E-state index in [9.17, 15) is 10.1 Å². The lowest BCUT2D eigenvalue weighted by Crippen LogP contribution is -2.38. The van der Waals surface area contributed by atoms with Crippen molar-refractivity contribution in [2.45, 2.75) is 26.3 Å². The molecule has 0 bridgehead atoms. The minimum atomic E-state index is -0.308. The quantitative estimate of drug-likeness (QED) is 0.685. The summed E-state index contributed by atoms with van der Waals surface area (Å²) in [4.78, 5) is 13.0. The molecule has 1 fully saturated rings. The number of nitro benzene ring substituents is 1. The molecule has 20 heavy (non-hydrogen) atoms. The summed E-state index contributed by atoms with van der Waals surface area (Å²) in [6, 6.07) is 5.32. The molecular formula is C14H22ClN3O2. The van der Waals surface area contributed by atoms with Gasteiger partial charge in [-0.3, -0.25) is 15.0 Å². The number of benzene rings is 1. The highest BCUT2D eigenvalue weighted by atomic mass is 35.5. The fourth-order valence-electron chi connectivity index (χ4n) is 2.77. The van der Waals surface area contributed by atoms with Crippen molar-refractivity contribution in [1.29, 1.82) is 0 Å². The van der Waals surface area contributed by atoms with Crippen LogP contribution in [0.4, 0.5) is 5.69 Å². The lowest BCUT2D eigenvalue weighted by Gasteiger charge is -2.32. The van der Waals surface area contributed by atoms with Crippen LogP contribution in [0.5, 0.6) is 0 Å². The van der Waals surface area contributed by atoms with Crippen molar-refractivity contribution in [3.63, 3.8) is 0 Å². The maximum Gasteiger partial charge on any atom is 0.272 e. The molecular weight excluding hydrogens is 278 g/mol. The highest BCUT2D eigenvalue weighted by Gasteiger charge is 2.20. The van der Waals surface area contributed by atoms with Gasteiger partial charge in [-0.25, -0.2) is 0 Å². The topological polar surface area (TPSA) is 72.4 Å². The number of rotatable bonds is 4. The molecule has 2 rings (SSSR count). The molecule has 2 N–H and O–H groups in total. The highest BCUT2D eigenvalue weighted by Crippen LogP contribution is 2.24. The predicted octanol–water partition coefficient (Wildman–Crippen LogP) is 2.50. The van der Waals surface area contributed by atoms with E-state index in [1.54, 1.807) is 12.1 Å². The van der Waals surface area contributed by atoms with E-state index in [0.717, 1.165) is 43.7 Å². The number of hydrogen-bond acceptors (Lipinski definition) is 4. The second-order valence-corrected chi connectivity index (χ2v) is 5.30. The molecule has 0 radical (unpaired) electrons. The molecule has 1 aromatic rings. The van der Waals surface area contributed by atoms with Crippen LogP contribution in [-0.4, -0.2) is 29.5 Å². The summed E-state index contributed by atoms with van der Waals surface area (Å²) in [6.45, 7) is 5.39. The predicted molar refractivity (Wildman–Crippen MR) is 82.1 cm³/mol. The van der Waals surface area contributed by atoms with Crippen LogP contribution >= 0.6 is 12.4 Å². The second kappa shape index (κ2) is 7.57. The summed E-state index contributed by atoms with van der Waals surface area (Å²) >= 11 is 0. The molecule has 5 nitrogen and oxygen atoms in total. The van der Waals surface area contributed by atoms with Crippen molar-refractivity contribution >= 4 is 18.1 Å². The van der Waals surface area contributed by atoms with Crippen molar-refractivity contribution < 1.29 is 4.92 Å². The van der Waals surface area contributed by atoms with Crippen molar-refractivity contribution in [3.05, 3.63) is 39.4 Å². The molecule has 0 saturated carbocycles. The number of nitrogens with two attached hydrogens (primary N) is 1. The van der Waals surface area contributed by atoms with Gasteiger partial charge in [0.25, 0.3) is 5.69 Å². The van der Waals surface area contributed by atoms with Gasteiger partial charge in [-0.2, -0.15) is 0 Å². The molecule has 0 aromatic heterocycles. The fraction of sp³-hybridized carbons (Fsp3) is 0.571. The van der Waals surface area contributed by atoms with Crippen LogP contribution in [0.15, 0.2) is 18.2 Å². The van der Waals surface area contributed by atoms with E-state index in [1.807, 2.05) is 13.0 Å². The Morgan fingerprint density at radius 3 is 2.90 bits per heavy atom. The Morgan fingerprint density at radius 1 is 1.50 bits per heavy atom. The summed E-state index contributed by atoms with van der Waals surface area (Å²) in [5.74, 6) is 0.563. The zero-order valence-corrected chi connectivity index (χ0v) is 12.6. The van der Waals surface area contributed by atoms with Gasteiger partial charge >= 0.3 is 0 Å². The van der Waals surface area contributed by atoms with Gasteiger partial charge in [-0.15, -0.1) is 12.4 Å². The normalized spacial score (nSPS) is 19.4. The first-order valence-electron chi connectivity index (χ1n) is 6.77. The standard InChI is InChI=1S/C14H21N3O2.ClH/c1-11-13(5-2-6-14(11)17(18)19)10-16-7-3-4-12(8-15)9-16;/h2,5-6,12H,3-4,7-10,15H2,1H3;1H. The van der Waals surface area contributed by atoms with E-state index in [4.69, 9.17) is 5.73 Å². The average molecular weight is 300 g/mol. The number of nitro groups is 1. The molecule has 1 heterocycles. The maximum atomic E-state index is 10.9. The monoisotopic (exact) mass is 299 g/mol. The Morgan fingerprint density at radius 2 is 2.25 bits per heavy atom. The Hall–Kier alpha value is -1.17. The summed E-state index contributed by atoms with van der Waals surface area (Å²) < 4.78 is 0. The third-order valence-electron chi connectivity index (χ3n) is 3.94. The molecule has 1 aliphatic rings. The Bertz CT molecular complexity index is 468. The molecule has 0 spiro atoms. The largest absolute Gasteiger partial charge is 0.330 e. The first kappa shape index (κ1) is 16.9. The van der Waals surface area contributed by atoms with Crippen LogP contribution in [0.25, 0.3) is 0 Å². The van der Waals surface area contributed by atoms with E-state index < -0.39 is 0 Å². The highest BCUT2D eigenvalue weighted by molar-refractivity contribution is 5.85. The Kier molecular flexibility index (Phi) is 6.39. The zero-order valence-electron chi connectivity index (χ0n) is 11.7. The van der Waals surface area contributed by atoms with Gasteiger partial charge in [0.05, 0.1) is 4.92 Å². The first-order chi connectivity index (χ1) is 9.11. The average Bonchev–Trinajstić information content (AvgIpc) is 2.41. The molecule has 1 aliphatic heterocycles. The summed E-state index contributed by atoms with van der Waals surface area (Å²) in [6.07, 6.45) is 2.36. The van der Waals surface area contributed by atoms with Gasteiger partial charge in [-0.05, 0) is 44.3 Å². The third kappa shape index (κ3) is 3.91. The van der Waals surface area contributed by atoms with E-state index in [1.165, 1.54) is 6.42 Å². The SMILES string of the molecule is Cc1c(CN2CCCC(CN)C2)cccc1[N+](=O)[O-].Cl. The van der Waals surface area contributed by atoms with Gasteiger partial charge in [0, 0.05) is 24.7 Å². The van der Waals surface area contributed by atoms with Crippen LogP contribution in [0.1, 0.15) is 24.0 Å². The lowest BCUT2D eigenvalue weighted by atomic mass is 9.97. The molecule has 1 unspecified atom stereocenters. The first-order valence-corrected chi connectivity index (χ1v) is 6.77. The van der Waals surface area contributed by atoms with Crippen LogP contribution in [0.3, 0.4) is 0 Å². The molecule has 112 valence electrons. The molecule has 0 amide bonds. The van der Waals surface area contributed by atoms with E-state index in [2.05, 4.69) is 4.90 Å². The smallest absolute Gasteiger partial charge is 0.272 e. The fourth-order valence-corrected chi connectivity index (χ4v) is 2.77. The number of hydrogen-bond donors (Lipinski definition) is 1. The molecule has 1 saturated heterocycles. The second-order valence-electron chi connectivity index (χ2n) is 5.30. The Labute approximate surface area is 125 Å². The van der Waals surface area contributed by atoms with Crippen LogP contribution in [-0.2, 0) is 6.54 Å². The maximum absolute atomic E-state index is 10.9. The minimum Gasteiger partial charge on any atom is -0.330 e. The van der Waals surface area contributed by atoms with Crippen LogP contribution < -0.4 is 5.73 Å².